The van der Waals surface area contributed by atoms with Crippen molar-refractivity contribution in [3.05, 3.63) is 71.5 Å². The van der Waals surface area contributed by atoms with Crippen LogP contribution < -0.4 is 9.47 Å². The quantitative estimate of drug-likeness (QED) is 0.182. The summed E-state index contributed by atoms with van der Waals surface area (Å²) < 4.78 is 61.9. The van der Waals surface area contributed by atoms with Gasteiger partial charge in [-0.05, 0) is 55.2 Å². The molecule has 0 bridgehead atoms. The van der Waals surface area contributed by atoms with E-state index in [1.54, 1.807) is 12.1 Å². The molecule has 1 saturated carbocycles. The second kappa shape index (κ2) is 11.2. The predicted molar refractivity (Wildman–Crippen MR) is 113 cm³/mol. The maximum atomic E-state index is 14.0. The molecule has 0 aromatic heterocycles. The van der Waals surface area contributed by atoms with Gasteiger partial charge in [0.1, 0.15) is 5.75 Å². The third-order valence-corrected chi connectivity index (χ3v) is 5.75. The number of ether oxygens (including phenoxy) is 2. The van der Waals surface area contributed by atoms with Crippen LogP contribution in [0.1, 0.15) is 67.3 Å². The summed E-state index contributed by atoms with van der Waals surface area (Å²) in [7, 11) is 0. The van der Waals surface area contributed by atoms with E-state index in [4.69, 9.17) is 4.74 Å². The van der Waals surface area contributed by atoms with Crippen LogP contribution >= 0.6 is 0 Å². The zero-order valence-corrected chi connectivity index (χ0v) is 17.8. The topological polar surface area (TPSA) is 35.5 Å². The Balaban J connectivity index is 1.61. The van der Waals surface area contributed by atoms with E-state index in [9.17, 15) is 22.4 Å². The Hall–Kier alpha value is -2.83. The molecule has 1 fully saturated rings. The van der Waals surface area contributed by atoms with Crippen molar-refractivity contribution >= 4 is 5.97 Å². The highest BCUT2D eigenvalue weighted by atomic mass is 19.3. The van der Waals surface area contributed by atoms with Crippen LogP contribution in [0.25, 0.3) is 0 Å². The summed E-state index contributed by atoms with van der Waals surface area (Å²) >= 11 is 0. The number of alkyl halides is 2. The molecule has 172 valence electrons. The molecule has 3 rings (SSSR count). The van der Waals surface area contributed by atoms with Gasteiger partial charge in [-0.1, -0.05) is 31.9 Å². The normalized spacial score (nSPS) is 18.8. The van der Waals surface area contributed by atoms with Crippen molar-refractivity contribution in [2.45, 2.75) is 57.8 Å². The minimum atomic E-state index is -2.82. The SMILES string of the molecule is CCCC1CCC(c2ccc(C(=O)Oc3cc(F)c(O/C=C/C(F)F)c(F)c3)cc2)CC1. The molecule has 32 heavy (non-hydrogen) atoms. The van der Waals surface area contributed by atoms with E-state index in [0.717, 1.165) is 30.9 Å². The summed E-state index contributed by atoms with van der Waals surface area (Å²) in [5.41, 5.74) is 1.43. The second-order valence-electron chi connectivity index (χ2n) is 8.01. The summed E-state index contributed by atoms with van der Waals surface area (Å²) in [6, 6.07) is 8.61. The maximum absolute atomic E-state index is 14.0. The van der Waals surface area contributed by atoms with Crippen LogP contribution in [-0.2, 0) is 0 Å². The lowest BCUT2D eigenvalue weighted by molar-refractivity contribution is 0.0733. The number of hydrogen-bond acceptors (Lipinski definition) is 3. The fourth-order valence-corrected chi connectivity index (χ4v) is 4.12. The van der Waals surface area contributed by atoms with Crippen molar-refractivity contribution < 1.29 is 31.8 Å². The first-order valence-electron chi connectivity index (χ1n) is 10.8. The minimum absolute atomic E-state index is 0.259. The van der Waals surface area contributed by atoms with E-state index in [0.29, 0.717) is 18.3 Å². The molecule has 1 aliphatic rings. The van der Waals surface area contributed by atoms with Crippen molar-refractivity contribution in [3.63, 3.8) is 0 Å². The molecule has 0 amide bonds. The van der Waals surface area contributed by atoms with Gasteiger partial charge in [0.25, 0.3) is 6.43 Å². The summed E-state index contributed by atoms with van der Waals surface area (Å²) in [6.45, 7) is 2.21. The van der Waals surface area contributed by atoms with Gasteiger partial charge >= 0.3 is 5.97 Å². The molecule has 1 aliphatic carbocycles. The Morgan fingerprint density at radius 1 is 1.06 bits per heavy atom. The third kappa shape index (κ3) is 6.34. The van der Waals surface area contributed by atoms with Crippen LogP contribution in [-0.4, -0.2) is 12.4 Å². The summed E-state index contributed by atoms with van der Waals surface area (Å²) in [5.74, 6) is -3.05. The van der Waals surface area contributed by atoms with Crippen molar-refractivity contribution in [3.8, 4) is 11.5 Å². The zero-order valence-electron chi connectivity index (χ0n) is 17.8. The summed E-state index contributed by atoms with van der Waals surface area (Å²) in [6.07, 6.45) is 5.21. The van der Waals surface area contributed by atoms with E-state index in [2.05, 4.69) is 11.7 Å². The Morgan fingerprint density at radius 3 is 2.25 bits per heavy atom. The van der Waals surface area contributed by atoms with Crippen LogP contribution in [0.3, 0.4) is 0 Å². The molecule has 7 heteroatoms. The smallest absolute Gasteiger partial charge is 0.343 e. The number of rotatable bonds is 8. The molecule has 0 N–H and O–H groups in total. The van der Waals surface area contributed by atoms with Crippen LogP contribution in [0.2, 0.25) is 0 Å². The molecule has 2 aromatic carbocycles. The highest BCUT2D eigenvalue weighted by Crippen LogP contribution is 2.37. The highest BCUT2D eigenvalue weighted by Gasteiger charge is 2.22. The largest absolute Gasteiger partial charge is 0.459 e. The number of carbonyl (C=O) groups excluding carboxylic acids is 1. The summed E-state index contributed by atoms with van der Waals surface area (Å²) in [4.78, 5) is 12.4. The third-order valence-electron chi connectivity index (χ3n) is 5.75. The van der Waals surface area contributed by atoms with Gasteiger partial charge in [-0.3, -0.25) is 0 Å². The Labute approximate surface area is 185 Å². The Kier molecular flexibility index (Phi) is 8.31. The van der Waals surface area contributed by atoms with Gasteiger partial charge in [0.05, 0.1) is 11.8 Å². The van der Waals surface area contributed by atoms with E-state index >= 15 is 0 Å². The average Bonchev–Trinajstić information content (AvgIpc) is 2.76. The minimum Gasteiger partial charge on any atom is -0.459 e. The van der Waals surface area contributed by atoms with Crippen molar-refractivity contribution in [1.29, 1.82) is 0 Å². The molecule has 0 unspecified atom stereocenters. The molecular formula is C25H26F4O3. The van der Waals surface area contributed by atoms with Gasteiger partial charge in [-0.2, -0.15) is 0 Å². The molecule has 3 nitrogen and oxygen atoms in total. The van der Waals surface area contributed by atoms with Crippen molar-refractivity contribution in [2.24, 2.45) is 5.92 Å². The van der Waals surface area contributed by atoms with Gasteiger partial charge in [-0.25, -0.2) is 22.4 Å². The number of halogens is 4. The molecule has 2 aromatic rings. The van der Waals surface area contributed by atoms with Crippen LogP contribution in [0, 0.1) is 17.6 Å². The highest BCUT2D eigenvalue weighted by molar-refractivity contribution is 5.91. The van der Waals surface area contributed by atoms with Crippen LogP contribution in [0.4, 0.5) is 17.6 Å². The standard InChI is InChI=1S/C25H26F4O3/c1-2-3-16-4-6-17(7-5-16)18-8-10-19(11-9-18)25(30)32-20-14-21(26)24(22(27)15-20)31-13-12-23(28)29/h8-17,23H,2-7H2,1H3/b13-12+. The predicted octanol–water partition coefficient (Wildman–Crippen LogP) is 7.42. The number of carbonyl (C=O) groups is 1. The van der Waals surface area contributed by atoms with Crippen LogP contribution in [0.5, 0.6) is 11.5 Å². The number of allylic oxidation sites excluding steroid dienone is 1. The fourth-order valence-electron chi connectivity index (χ4n) is 4.12. The lowest BCUT2D eigenvalue weighted by Gasteiger charge is -2.28. The number of hydrogen-bond donors (Lipinski definition) is 0. The Bertz CT molecular complexity index is 910. The molecular weight excluding hydrogens is 424 g/mol. The van der Waals surface area contributed by atoms with Gasteiger partial charge in [0, 0.05) is 18.2 Å². The molecule has 0 radical (unpaired) electrons. The first-order valence-corrected chi connectivity index (χ1v) is 10.8. The molecule has 0 spiro atoms. The van der Waals surface area contributed by atoms with Crippen molar-refractivity contribution in [1.82, 2.24) is 0 Å². The van der Waals surface area contributed by atoms with Crippen LogP contribution in [0.15, 0.2) is 48.7 Å². The number of benzene rings is 2. The van der Waals surface area contributed by atoms with E-state index in [-0.39, 0.29) is 11.3 Å². The van der Waals surface area contributed by atoms with E-state index in [1.165, 1.54) is 31.2 Å². The number of esters is 1. The first-order chi connectivity index (χ1) is 15.4. The van der Waals surface area contributed by atoms with Gasteiger partial charge in [-0.15, -0.1) is 0 Å². The second-order valence-corrected chi connectivity index (χ2v) is 8.01. The average molecular weight is 450 g/mol. The lowest BCUT2D eigenvalue weighted by Crippen LogP contribution is -2.14. The summed E-state index contributed by atoms with van der Waals surface area (Å²) in [5, 5.41) is 0. The maximum Gasteiger partial charge on any atom is 0.343 e. The van der Waals surface area contributed by atoms with E-state index in [1.807, 2.05) is 12.1 Å². The van der Waals surface area contributed by atoms with E-state index < -0.39 is 29.8 Å². The Morgan fingerprint density at radius 2 is 1.69 bits per heavy atom. The molecule has 0 atom stereocenters. The first kappa shape index (κ1) is 23.8. The van der Waals surface area contributed by atoms with Gasteiger partial charge in [0.2, 0.25) is 0 Å². The van der Waals surface area contributed by atoms with Crippen molar-refractivity contribution in [2.75, 3.05) is 0 Å². The van der Waals surface area contributed by atoms with Gasteiger partial charge < -0.3 is 9.47 Å². The molecule has 0 heterocycles. The van der Waals surface area contributed by atoms with Gasteiger partial charge in [0.15, 0.2) is 17.4 Å². The molecule has 0 aliphatic heterocycles. The zero-order chi connectivity index (χ0) is 23.1. The molecule has 0 saturated heterocycles. The monoisotopic (exact) mass is 450 g/mol. The lowest BCUT2D eigenvalue weighted by atomic mass is 9.77. The fraction of sp³-hybridized carbons (Fsp3) is 0.400.